The molecule has 5 nitrogen and oxygen atoms in total. The van der Waals surface area contributed by atoms with Gasteiger partial charge in [0.05, 0.1) is 32.3 Å². The first-order chi connectivity index (χ1) is 7.26. The summed E-state index contributed by atoms with van der Waals surface area (Å²) in [5, 5.41) is 8.46. The number of esters is 1. The van der Waals surface area contributed by atoms with Gasteiger partial charge in [-0.05, 0) is 0 Å². The number of morpholine rings is 1. The van der Waals surface area contributed by atoms with Crippen LogP contribution < -0.4 is 0 Å². The molecular formula is C10H16N2O3. The molecule has 0 amide bonds. The largest absolute Gasteiger partial charge is 0.469 e. The van der Waals surface area contributed by atoms with Crippen molar-refractivity contribution in [3.8, 4) is 6.07 Å². The predicted molar refractivity (Wildman–Crippen MR) is 53.0 cm³/mol. The van der Waals surface area contributed by atoms with Crippen LogP contribution in [0.1, 0.15) is 12.8 Å². The summed E-state index contributed by atoms with van der Waals surface area (Å²) in [6, 6.07) is 2.11. The van der Waals surface area contributed by atoms with E-state index in [4.69, 9.17) is 10.00 Å². The molecule has 0 saturated carbocycles. The van der Waals surface area contributed by atoms with Gasteiger partial charge in [-0.25, -0.2) is 0 Å². The number of carbonyl (C=O) groups excluding carboxylic acids is 1. The molecule has 0 aliphatic carbocycles. The quantitative estimate of drug-likeness (QED) is 0.621. The molecule has 1 saturated heterocycles. The molecule has 0 radical (unpaired) electrons. The Bertz CT molecular complexity index is 250. The van der Waals surface area contributed by atoms with E-state index in [9.17, 15) is 4.79 Å². The number of hydrogen-bond acceptors (Lipinski definition) is 5. The maximum atomic E-state index is 11.0. The first kappa shape index (κ1) is 12.0. The van der Waals surface area contributed by atoms with Crippen molar-refractivity contribution >= 4 is 5.97 Å². The minimum atomic E-state index is -0.248. The van der Waals surface area contributed by atoms with Gasteiger partial charge in [-0.3, -0.25) is 9.69 Å². The normalized spacial score (nSPS) is 22.0. The maximum absolute atomic E-state index is 11.0. The van der Waals surface area contributed by atoms with E-state index in [0.717, 1.165) is 13.1 Å². The Hall–Kier alpha value is -1.12. The van der Waals surface area contributed by atoms with E-state index in [1.54, 1.807) is 0 Å². The molecule has 1 aliphatic rings. The topological polar surface area (TPSA) is 62.6 Å². The Morgan fingerprint density at radius 1 is 1.73 bits per heavy atom. The summed E-state index contributed by atoms with van der Waals surface area (Å²) in [5.74, 6) is -0.248. The lowest BCUT2D eigenvalue weighted by Gasteiger charge is -2.31. The molecule has 0 N–H and O–H groups in total. The van der Waals surface area contributed by atoms with Crippen molar-refractivity contribution in [2.75, 3.05) is 33.4 Å². The summed E-state index contributed by atoms with van der Waals surface area (Å²) in [5.41, 5.74) is 0. The highest BCUT2D eigenvalue weighted by Gasteiger charge is 2.22. The minimum Gasteiger partial charge on any atom is -0.469 e. The molecule has 0 aromatic carbocycles. The molecule has 1 rings (SSSR count). The summed E-state index contributed by atoms with van der Waals surface area (Å²) >= 11 is 0. The van der Waals surface area contributed by atoms with Crippen LogP contribution in [0.4, 0.5) is 0 Å². The molecule has 15 heavy (non-hydrogen) atoms. The molecule has 5 heteroatoms. The van der Waals surface area contributed by atoms with E-state index in [-0.39, 0.29) is 12.1 Å². The van der Waals surface area contributed by atoms with Crippen molar-refractivity contribution in [3.05, 3.63) is 0 Å². The Kier molecular flexibility index (Phi) is 5.08. The van der Waals surface area contributed by atoms with E-state index in [0.29, 0.717) is 26.0 Å². The zero-order chi connectivity index (χ0) is 11.1. The Labute approximate surface area is 89.6 Å². The minimum absolute atomic E-state index is 0.0927. The van der Waals surface area contributed by atoms with Gasteiger partial charge in [0.15, 0.2) is 0 Å². The summed E-state index contributed by atoms with van der Waals surface area (Å²) in [7, 11) is 1.37. The Morgan fingerprint density at radius 3 is 3.20 bits per heavy atom. The second-order valence-electron chi connectivity index (χ2n) is 3.48. The van der Waals surface area contributed by atoms with Crippen LogP contribution in [-0.4, -0.2) is 50.3 Å². The van der Waals surface area contributed by atoms with Crippen LogP contribution in [0, 0.1) is 11.3 Å². The standard InChI is InChI=1S/C10H16N2O3/c1-14-10(13)7-9-8-12(4-2-3-11)5-6-15-9/h9H,2,4-8H2,1H3/t9-/m1/s1. The van der Waals surface area contributed by atoms with Crippen molar-refractivity contribution in [2.45, 2.75) is 18.9 Å². The van der Waals surface area contributed by atoms with Crippen molar-refractivity contribution in [1.82, 2.24) is 4.90 Å². The summed E-state index contributed by atoms with van der Waals surface area (Å²) in [4.78, 5) is 13.2. The molecule has 0 aromatic heterocycles. The predicted octanol–water partition coefficient (Wildman–Crippen LogP) is 0.164. The van der Waals surface area contributed by atoms with Crippen molar-refractivity contribution < 1.29 is 14.3 Å². The third-order valence-corrected chi connectivity index (χ3v) is 2.38. The molecule has 84 valence electrons. The van der Waals surface area contributed by atoms with Gasteiger partial charge < -0.3 is 9.47 Å². The summed E-state index contributed by atoms with van der Waals surface area (Å²) in [6.45, 7) is 2.90. The highest BCUT2D eigenvalue weighted by Crippen LogP contribution is 2.09. The van der Waals surface area contributed by atoms with Gasteiger partial charge in [-0.1, -0.05) is 0 Å². The summed E-state index contributed by atoms with van der Waals surface area (Å²) in [6.07, 6.45) is 0.717. The van der Waals surface area contributed by atoms with Crippen LogP contribution in [0.15, 0.2) is 0 Å². The van der Waals surface area contributed by atoms with Gasteiger partial charge in [-0.2, -0.15) is 5.26 Å². The van der Waals surface area contributed by atoms with Crippen LogP contribution in [0.2, 0.25) is 0 Å². The molecule has 0 aromatic rings. The van der Waals surface area contributed by atoms with Crippen LogP contribution in [0.25, 0.3) is 0 Å². The number of ether oxygens (including phenoxy) is 2. The van der Waals surface area contributed by atoms with Gasteiger partial charge in [0.25, 0.3) is 0 Å². The number of nitrogens with zero attached hydrogens (tertiary/aromatic N) is 2. The lowest BCUT2D eigenvalue weighted by atomic mass is 10.2. The lowest BCUT2D eigenvalue weighted by Crippen LogP contribution is -2.43. The molecule has 0 bridgehead atoms. The zero-order valence-corrected chi connectivity index (χ0v) is 8.94. The van der Waals surface area contributed by atoms with Crippen molar-refractivity contribution in [3.63, 3.8) is 0 Å². The van der Waals surface area contributed by atoms with Crippen LogP contribution >= 0.6 is 0 Å². The van der Waals surface area contributed by atoms with Crippen molar-refractivity contribution in [1.29, 1.82) is 5.26 Å². The van der Waals surface area contributed by atoms with E-state index in [1.165, 1.54) is 7.11 Å². The van der Waals surface area contributed by atoms with E-state index in [2.05, 4.69) is 15.7 Å². The van der Waals surface area contributed by atoms with Crippen LogP contribution in [-0.2, 0) is 14.3 Å². The highest BCUT2D eigenvalue weighted by molar-refractivity contribution is 5.69. The lowest BCUT2D eigenvalue weighted by molar-refractivity contribution is -0.145. The van der Waals surface area contributed by atoms with Crippen molar-refractivity contribution in [2.24, 2.45) is 0 Å². The SMILES string of the molecule is COC(=O)C[C@@H]1CN(CCC#N)CCO1. The molecular weight excluding hydrogens is 196 g/mol. The smallest absolute Gasteiger partial charge is 0.308 e. The maximum Gasteiger partial charge on any atom is 0.308 e. The average molecular weight is 212 g/mol. The molecule has 1 atom stereocenters. The molecule has 0 unspecified atom stereocenters. The number of carbonyl (C=O) groups is 1. The molecule has 1 fully saturated rings. The number of hydrogen-bond donors (Lipinski definition) is 0. The Morgan fingerprint density at radius 2 is 2.53 bits per heavy atom. The first-order valence-corrected chi connectivity index (χ1v) is 5.04. The van der Waals surface area contributed by atoms with Gasteiger partial charge in [0.1, 0.15) is 0 Å². The fraction of sp³-hybridized carbons (Fsp3) is 0.800. The summed E-state index contributed by atoms with van der Waals surface area (Å²) < 4.78 is 10.0. The highest BCUT2D eigenvalue weighted by atomic mass is 16.5. The van der Waals surface area contributed by atoms with E-state index in [1.807, 2.05) is 0 Å². The van der Waals surface area contributed by atoms with Crippen LogP contribution in [0.3, 0.4) is 0 Å². The van der Waals surface area contributed by atoms with Gasteiger partial charge in [-0.15, -0.1) is 0 Å². The number of methoxy groups -OCH3 is 1. The molecule has 1 aliphatic heterocycles. The monoisotopic (exact) mass is 212 g/mol. The van der Waals surface area contributed by atoms with Crippen LogP contribution in [0.5, 0.6) is 0 Å². The Balaban J connectivity index is 2.29. The fourth-order valence-corrected chi connectivity index (χ4v) is 1.58. The fourth-order valence-electron chi connectivity index (χ4n) is 1.58. The van der Waals surface area contributed by atoms with Gasteiger partial charge >= 0.3 is 5.97 Å². The number of rotatable bonds is 4. The van der Waals surface area contributed by atoms with E-state index < -0.39 is 0 Å². The third kappa shape index (κ3) is 4.28. The third-order valence-electron chi connectivity index (χ3n) is 2.38. The van der Waals surface area contributed by atoms with E-state index >= 15 is 0 Å². The molecule has 1 heterocycles. The second-order valence-corrected chi connectivity index (χ2v) is 3.48. The van der Waals surface area contributed by atoms with Gasteiger partial charge in [0, 0.05) is 26.1 Å². The van der Waals surface area contributed by atoms with Gasteiger partial charge in [0.2, 0.25) is 0 Å². The number of nitriles is 1. The zero-order valence-electron chi connectivity index (χ0n) is 8.94. The average Bonchev–Trinajstić information content (AvgIpc) is 2.26. The first-order valence-electron chi connectivity index (χ1n) is 5.04. The molecule has 0 spiro atoms. The second kappa shape index (κ2) is 6.38.